The number of aromatic nitrogens is 4. The van der Waals surface area contributed by atoms with Crippen LogP contribution < -0.4 is 4.90 Å². The number of rotatable bonds is 4. The monoisotopic (exact) mass is 233 g/mol. The molecule has 0 spiro atoms. The molecule has 0 bridgehead atoms. The Bertz CT molecular complexity index is 513. The Morgan fingerprint density at radius 3 is 3.06 bits per heavy atom. The highest BCUT2D eigenvalue weighted by Gasteiger charge is 2.30. The predicted octanol–water partition coefficient (Wildman–Crippen LogP) is 1.59. The van der Waals surface area contributed by atoms with E-state index in [0.29, 0.717) is 11.9 Å². The van der Waals surface area contributed by atoms with E-state index in [-0.39, 0.29) is 0 Å². The zero-order valence-corrected chi connectivity index (χ0v) is 10.00. The molecule has 1 aliphatic carbocycles. The molecule has 3 rings (SSSR count). The van der Waals surface area contributed by atoms with Gasteiger partial charge in [-0.3, -0.25) is 4.57 Å². The van der Waals surface area contributed by atoms with E-state index in [9.17, 15) is 0 Å². The molecule has 1 aliphatic rings. The quantitative estimate of drug-likeness (QED) is 0.802. The molecule has 90 valence electrons. The zero-order chi connectivity index (χ0) is 11.8. The molecule has 17 heavy (non-hydrogen) atoms. The van der Waals surface area contributed by atoms with Crippen molar-refractivity contribution < 1.29 is 4.52 Å². The Hall–Kier alpha value is -1.85. The van der Waals surface area contributed by atoms with E-state index < -0.39 is 0 Å². The molecular weight excluding hydrogens is 218 g/mol. The summed E-state index contributed by atoms with van der Waals surface area (Å²) in [6, 6.07) is 0. The third-order valence-corrected chi connectivity index (χ3v) is 3.06. The largest absolute Gasteiger partial charge is 0.360 e. The predicted molar refractivity (Wildman–Crippen MR) is 62.3 cm³/mol. The summed E-state index contributed by atoms with van der Waals surface area (Å²) in [6.07, 6.45) is 5.83. The van der Waals surface area contributed by atoms with Crippen molar-refractivity contribution in [3.05, 3.63) is 18.4 Å². The first kappa shape index (κ1) is 10.3. The minimum atomic E-state index is 0.479. The van der Waals surface area contributed by atoms with E-state index in [1.165, 1.54) is 0 Å². The Morgan fingerprint density at radius 1 is 1.53 bits per heavy atom. The van der Waals surface area contributed by atoms with Crippen LogP contribution in [-0.4, -0.2) is 33.3 Å². The first-order valence-corrected chi connectivity index (χ1v) is 5.87. The average molecular weight is 233 g/mol. The normalized spacial score (nSPS) is 15.2. The Morgan fingerprint density at radius 2 is 2.35 bits per heavy atom. The molecule has 0 atom stereocenters. The maximum atomic E-state index is 5.25. The van der Waals surface area contributed by atoms with Gasteiger partial charge in [-0.25, -0.2) is 4.98 Å². The van der Waals surface area contributed by atoms with Gasteiger partial charge < -0.3 is 9.42 Å². The van der Waals surface area contributed by atoms with Crippen LogP contribution in [-0.2, 0) is 0 Å². The van der Waals surface area contributed by atoms with Crippen molar-refractivity contribution >= 4 is 5.82 Å². The van der Waals surface area contributed by atoms with Crippen LogP contribution in [0.2, 0.25) is 0 Å². The molecule has 2 aromatic heterocycles. The fourth-order valence-electron chi connectivity index (χ4n) is 1.71. The van der Waals surface area contributed by atoms with Crippen LogP contribution in [0.4, 0.5) is 5.82 Å². The summed E-state index contributed by atoms with van der Waals surface area (Å²) >= 11 is 0. The van der Waals surface area contributed by atoms with E-state index in [1.54, 1.807) is 12.5 Å². The number of nitrogens with zero attached hydrogens (tertiary/aromatic N) is 5. The number of hydrogen-bond acceptors (Lipinski definition) is 5. The Kier molecular flexibility index (Phi) is 2.35. The standard InChI is InChI=1S/C11H15N5O/c1-3-15(2)9-6-12-7-16(9)11-13-10(17-14-11)8-4-5-8/h6-8H,3-5H2,1-2H3. The number of anilines is 1. The summed E-state index contributed by atoms with van der Waals surface area (Å²) in [4.78, 5) is 10.6. The smallest absolute Gasteiger partial charge is 0.277 e. The summed E-state index contributed by atoms with van der Waals surface area (Å²) in [6.45, 7) is 2.99. The number of hydrogen-bond donors (Lipinski definition) is 0. The molecule has 2 heterocycles. The first-order valence-electron chi connectivity index (χ1n) is 5.87. The fourth-order valence-corrected chi connectivity index (χ4v) is 1.71. The van der Waals surface area contributed by atoms with Gasteiger partial charge in [0.2, 0.25) is 5.89 Å². The van der Waals surface area contributed by atoms with Crippen LogP contribution in [0, 0.1) is 0 Å². The van der Waals surface area contributed by atoms with E-state index >= 15 is 0 Å². The van der Waals surface area contributed by atoms with Gasteiger partial charge in [0, 0.05) is 19.5 Å². The van der Waals surface area contributed by atoms with Crippen molar-refractivity contribution in [2.75, 3.05) is 18.5 Å². The molecule has 2 aromatic rings. The third-order valence-electron chi connectivity index (χ3n) is 3.06. The molecule has 0 radical (unpaired) electrons. The van der Waals surface area contributed by atoms with Crippen molar-refractivity contribution in [1.29, 1.82) is 0 Å². The summed E-state index contributed by atoms with van der Waals surface area (Å²) in [5, 5.41) is 4.01. The molecule has 6 nitrogen and oxygen atoms in total. The highest BCUT2D eigenvalue weighted by Crippen LogP contribution is 2.39. The van der Waals surface area contributed by atoms with E-state index in [1.807, 2.05) is 11.6 Å². The lowest BCUT2D eigenvalue weighted by molar-refractivity contribution is 0.377. The first-order chi connectivity index (χ1) is 8.29. The molecule has 0 N–H and O–H groups in total. The minimum absolute atomic E-state index is 0.479. The maximum absolute atomic E-state index is 5.25. The fraction of sp³-hybridized carbons (Fsp3) is 0.545. The second kappa shape index (κ2) is 3.87. The third kappa shape index (κ3) is 1.79. The van der Waals surface area contributed by atoms with Gasteiger partial charge >= 0.3 is 0 Å². The van der Waals surface area contributed by atoms with E-state index in [0.717, 1.165) is 31.1 Å². The topological polar surface area (TPSA) is 60.0 Å². The van der Waals surface area contributed by atoms with Gasteiger partial charge in [-0.2, -0.15) is 4.98 Å². The summed E-state index contributed by atoms with van der Waals surface area (Å²) < 4.78 is 7.10. The highest BCUT2D eigenvalue weighted by molar-refractivity contribution is 5.41. The lowest BCUT2D eigenvalue weighted by Crippen LogP contribution is -2.19. The average Bonchev–Trinajstić information content (AvgIpc) is 2.91. The van der Waals surface area contributed by atoms with Gasteiger partial charge in [-0.1, -0.05) is 0 Å². The van der Waals surface area contributed by atoms with Gasteiger partial charge in [0.1, 0.15) is 12.1 Å². The maximum Gasteiger partial charge on any atom is 0.277 e. The van der Waals surface area contributed by atoms with Crippen LogP contribution in [0.25, 0.3) is 5.95 Å². The summed E-state index contributed by atoms with van der Waals surface area (Å²) in [5.74, 6) is 2.77. The lowest BCUT2D eigenvalue weighted by atomic mass is 10.4. The van der Waals surface area contributed by atoms with Crippen molar-refractivity contribution in [1.82, 2.24) is 19.7 Å². The Balaban J connectivity index is 1.93. The van der Waals surface area contributed by atoms with E-state index in [4.69, 9.17) is 4.52 Å². The zero-order valence-electron chi connectivity index (χ0n) is 10.00. The molecule has 0 unspecified atom stereocenters. The molecule has 0 aliphatic heterocycles. The van der Waals surface area contributed by atoms with Crippen LogP contribution in [0.1, 0.15) is 31.6 Å². The van der Waals surface area contributed by atoms with Gasteiger partial charge in [0.15, 0.2) is 0 Å². The van der Waals surface area contributed by atoms with E-state index in [2.05, 4.69) is 26.9 Å². The molecule has 0 amide bonds. The van der Waals surface area contributed by atoms with Crippen LogP contribution in [0.5, 0.6) is 0 Å². The summed E-state index contributed by atoms with van der Waals surface area (Å²) in [7, 11) is 2.01. The molecule has 6 heteroatoms. The Labute approximate surface area is 99.3 Å². The van der Waals surface area contributed by atoms with Crippen LogP contribution >= 0.6 is 0 Å². The SMILES string of the molecule is CCN(C)c1cncn1-c1noc(C2CC2)n1. The van der Waals surface area contributed by atoms with Gasteiger partial charge in [0.25, 0.3) is 5.95 Å². The van der Waals surface area contributed by atoms with Crippen molar-refractivity contribution in [2.24, 2.45) is 0 Å². The van der Waals surface area contributed by atoms with Crippen LogP contribution in [0.3, 0.4) is 0 Å². The van der Waals surface area contributed by atoms with Crippen LogP contribution in [0.15, 0.2) is 17.0 Å². The van der Waals surface area contributed by atoms with Gasteiger partial charge in [0.05, 0.1) is 6.20 Å². The second-order valence-electron chi connectivity index (χ2n) is 4.34. The molecular formula is C11H15N5O. The summed E-state index contributed by atoms with van der Waals surface area (Å²) in [5.41, 5.74) is 0. The highest BCUT2D eigenvalue weighted by atomic mass is 16.5. The van der Waals surface area contributed by atoms with Gasteiger partial charge in [-0.05, 0) is 24.9 Å². The van der Waals surface area contributed by atoms with Crippen molar-refractivity contribution in [3.8, 4) is 5.95 Å². The number of imidazole rings is 1. The minimum Gasteiger partial charge on any atom is -0.360 e. The molecule has 1 fully saturated rings. The molecule has 1 saturated carbocycles. The molecule has 0 aromatic carbocycles. The van der Waals surface area contributed by atoms with Crippen molar-refractivity contribution in [2.45, 2.75) is 25.7 Å². The van der Waals surface area contributed by atoms with Gasteiger partial charge in [-0.15, -0.1) is 0 Å². The van der Waals surface area contributed by atoms with Crippen molar-refractivity contribution in [3.63, 3.8) is 0 Å². The lowest BCUT2D eigenvalue weighted by Gasteiger charge is -2.16. The molecule has 0 saturated heterocycles. The second-order valence-corrected chi connectivity index (χ2v) is 4.34.